The van der Waals surface area contributed by atoms with E-state index in [9.17, 15) is 9.90 Å². The van der Waals surface area contributed by atoms with Crippen LogP contribution in [0.4, 0.5) is 0 Å². The first-order valence-corrected chi connectivity index (χ1v) is 7.56. The fourth-order valence-electron chi connectivity index (χ4n) is 2.82. The largest absolute Gasteiger partial charge is 0.504 e. The zero-order chi connectivity index (χ0) is 16.6. The van der Waals surface area contributed by atoms with Crippen LogP contribution in [-0.2, 0) is 13.0 Å². The van der Waals surface area contributed by atoms with Crippen molar-refractivity contribution in [3.63, 3.8) is 0 Å². The predicted molar refractivity (Wildman–Crippen MR) is 86.6 cm³/mol. The molecule has 0 atom stereocenters. The molecular weight excluding hydrogens is 292 g/mol. The summed E-state index contributed by atoms with van der Waals surface area (Å²) in [5.41, 5.74) is 1.61. The Hall–Kier alpha value is -2.56. The summed E-state index contributed by atoms with van der Waals surface area (Å²) in [6.07, 6.45) is 2.41. The average Bonchev–Trinajstić information content (AvgIpc) is 2.83. The van der Waals surface area contributed by atoms with Crippen molar-refractivity contribution in [1.29, 1.82) is 0 Å². The summed E-state index contributed by atoms with van der Waals surface area (Å²) in [4.78, 5) is 18.4. The zero-order valence-corrected chi connectivity index (χ0v) is 13.5. The number of phenols is 1. The Labute approximate surface area is 135 Å². The quantitative estimate of drug-likeness (QED) is 0.946. The van der Waals surface area contributed by atoms with Crippen LogP contribution in [0.1, 0.15) is 35.5 Å². The lowest BCUT2D eigenvalue weighted by molar-refractivity contribution is 0.0777. The second-order valence-electron chi connectivity index (χ2n) is 6.47. The highest BCUT2D eigenvalue weighted by molar-refractivity contribution is 5.97. The Morgan fingerprint density at radius 3 is 2.83 bits per heavy atom. The third kappa shape index (κ3) is 2.99. The summed E-state index contributed by atoms with van der Waals surface area (Å²) in [6, 6.07) is 9.08. The van der Waals surface area contributed by atoms with Gasteiger partial charge in [-0.2, -0.15) is 0 Å². The van der Waals surface area contributed by atoms with E-state index >= 15 is 0 Å². The van der Waals surface area contributed by atoms with Crippen LogP contribution in [0.2, 0.25) is 0 Å². The summed E-state index contributed by atoms with van der Waals surface area (Å²) in [6.45, 7) is 4.30. The van der Waals surface area contributed by atoms with E-state index in [1.807, 2.05) is 38.1 Å². The van der Waals surface area contributed by atoms with Crippen LogP contribution in [0.15, 0.2) is 36.5 Å². The molecule has 1 aliphatic rings. The number of phenolic OH excluding ortho intramolecular Hbond substituents is 1. The van der Waals surface area contributed by atoms with Gasteiger partial charge in [0.05, 0.1) is 17.8 Å². The second kappa shape index (κ2) is 5.57. The smallest absolute Gasteiger partial charge is 0.257 e. The molecule has 0 unspecified atom stereocenters. The van der Waals surface area contributed by atoms with Crippen LogP contribution in [0.25, 0.3) is 0 Å². The van der Waals surface area contributed by atoms with Crippen molar-refractivity contribution in [2.24, 2.45) is 0 Å². The number of rotatable bonds is 3. The lowest BCUT2D eigenvalue weighted by Gasteiger charge is -2.19. The molecule has 0 aliphatic carbocycles. The Morgan fingerprint density at radius 1 is 1.35 bits per heavy atom. The topological polar surface area (TPSA) is 62.7 Å². The molecule has 2 heterocycles. The molecule has 5 heteroatoms. The molecule has 3 rings (SSSR count). The summed E-state index contributed by atoms with van der Waals surface area (Å²) in [5, 5.41) is 10.4. The standard InChI is InChI=1S/C18H20N2O3/c1-18(2)10-12-7-8-14(15(21)16(12)23-18)17(22)20(3)11-13-6-4-5-9-19-13/h4-9,21H,10-11H2,1-3H3. The molecule has 1 aromatic heterocycles. The zero-order valence-electron chi connectivity index (χ0n) is 13.5. The first-order chi connectivity index (χ1) is 10.9. The number of hydrogen-bond acceptors (Lipinski definition) is 4. The number of ether oxygens (including phenoxy) is 1. The van der Waals surface area contributed by atoms with Gasteiger partial charge in [-0.15, -0.1) is 0 Å². The molecule has 5 nitrogen and oxygen atoms in total. The molecule has 1 N–H and O–H groups in total. The summed E-state index contributed by atoms with van der Waals surface area (Å²) in [5.74, 6) is 0.0855. The maximum Gasteiger partial charge on any atom is 0.257 e. The predicted octanol–water partition coefficient (Wildman–Crippen LogP) is 2.77. The van der Waals surface area contributed by atoms with Crippen LogP contribution in [-0.4, -0.2) is 33.5 Å². The first kappa shape index (κ1) is 15.3. The van der Waals surface area contributed by atoms with Crippen LogP contribution >= 0.6 is 0 Å². The van der Waals surface area contributed by atoms with Gasteiger partial charge in [0.2, 0.25) is 0 Å². The minimum Gasteiger partial charge on any atom is -0.504 e. The van der Waals surface area contributed by atoms with Gasteiger partial charge in [0.25, 0.3) is 5.91 Å². The number of hydrogen-bond donors (Lipinski definition) is 1. The van der Waals surface area contributed by atoms with E-state index in [0.29, 0.717) is 18.7 Å². The number of nitrogens with zero attached hydrogens (tertiary/aromatic N) is 2. The molecule has 0 saturated heterocycles. The van der Waals surface area contributed by atoms with Crippen LogP contribution in [0.5, 0.6) is 11.5 Å². The van der Waals surface area contributed by atoms with E-state index in [1.165, 1.54) is 4.90 Å². The van der Waals surface area contributed by atoms with Gasteiger partial charge in [-0.3, -0.25) is 9.78 Å². The van der Waals surface area contributed by atoms with Gasteiger partial charge >= 0.3 is 0 Å². The van der Waals surface area contributed by atoms with Gasteiger partial charge in [0.1, 0.15) is 5.60 Å². The molecule has 2 aromatic rings. The average molecular weight is 312 g/mol. The van der Waals surface area contributed by atoms with Crippen molar-refractivity contribution in [2.45, 2.75) is 32.4 Å². The lowest BCUT2D eigenvalue weighted by atomic mass is 10.00. The Morgan fingerprint density at radius 2 is 2.13 bits per heavy atom. The monoisotopic (exact) mass is 312 g/mol. The van der Waals surface area contributed by atoms with E-state index in [0.717, 1.165) is 11.3 Å². The van der Waals surface area contributed by atoms with Crippen molar-refractivity contribution >= 4 is 5.91 Å². The van der Waals surface area contributed by atoms with Crippen LogP contribution in [0.3, 0.4) is 0 Å². The molecule has 1 aliphatic heterocycles. The molecule has 0 saturated carbocycles. The Kier molecular flexibility index (Phi) is 3.72. The third-order valence-electron chi connectivity index (χ3n) is 3.91. The van der Waals surface area contributed by atoms with E-state index in [4.69, 9.17) is 4.74 Å². The molecule has 1 aromatic carbocycles. The summed E-state index contributed by atoms with van der Waals surface area (Å²) >= 11 is 0. The number of benzene rings is 1. The van der Waals surface area contributed by atoms with Crippen molar-refractivity contribution in [3.05, 3.63) is 53.3 Å². The second-order valence-corrected chi connectivity index (χ2v) is 6.47. The maximum absolute atomic E-state index is 12.6. The van der Waals surface area contributed by atoms with Crippen molar-refractivity contribution in [3.8, 4) is 11.5 Å². The number of amides is 1. The van der Waals surface area contributed by atoms with E-state index in [-0.39, 0.29) is 22.8 Å². The van der Waals surface area contributed by atoms with Gasteiger partial charge in [0.15, 0.2) is 11.5 Å². The number of pyridine rings is 1. The highest BCUT2D eigenvalue weighted by atomic mass is 16.5. The van der Waals surface area contributed by atoms with Gasteiger partial charge in [-0.1, -0.05) is 12.1 Å². The molecule has 0 spiro atoms. The number of aromatic hydroxyl groups is 1. The Bertz CT molecular complexity index is 741. The molecular formula is C18H20N2O3. The summed E-state index contributed by atoms with van der Waals surface area (Å²) < 4.78 is 5.78. The molecule has 0 fully saturated rings. The van der Waals surface area contributed by atoms with E-state index in [2.05, 4.69) is 4.98 Å². The van der Waals surface area contributed by atoms with E-state index < -0.39 is 0 Å². The minimum atomic E-state index is -0.360. The van der Waals surface area contributed by atoms with Crippen molar-refractivity contribution in [1.82, 2.24) is 9.88 Å². The Balaban J connectivity index is 1.84. The SMILES string of the molecule is CN(Cc1ccccn1)C(=O)c1ccc2c(c1O)OC(C)(C)C2. The van der Waals surface area contributed by atoms with Gasteiger partial charge in [-0.05, 0) is 32.0 Å². The molecule has 1 amide bonds. The van der Waals surface area contributed by atoms with E-state index in [1.54, 1.807) is 19.3 Å². The number of fused-ring (bicyclic) bond motifs is 1. The minimum absolute atomic E-state index is 0.0778. The molecule has 0 bridgehead atoms. The molecule has 120 valence electrons. The maximum atomic E-state index is 12.6. The number of aromatic nitrogens is 1. The van der Waals surface area contributed by atoms with Crippen molar-refractivity contribution in [2.75, 3.05) is 7.05 Å². The normalized spacial score (nSPS) is 14.9. The van der Waals surface area contributed by atoms with Crippen molar-refractivity contribution < 1.29 is 14.6 Å². The highest BCUT2D eigenvalue weighted by Crippen LogP contribution is 2.43. The van der Waals surface area contributed by atoms with Gasteiger partial charge < -0.3 is 14.7 Å². The van der Waals surface area contributed by atoms with Crippen LogP contribution in [0, 0.1) is 0 Å². The fraction of sp³-hybridized carbons (Fsp3) is 0.333. The van der Waals surface area contributed by atoms with Gasteiger partial charge in [-0.25, -0.2) is 0 Å². The number of carbonyl (C=O) groups excluding carboxylic acids is 1. The number of carbonyl (C=O) groups is 1. The summed E-state index contributed by atoms with van der Waals surface area (Å²) in [7, 11) is 1.69. The van der Waals surface area contributed by atoms with Crippen LogP contribution < -0.4 is 4.74 Å². The lowest BCUT2D eigenvalue weighted by Crippen LogP contribution is -2.27. The third-order valence-corrected chi connectivity index (χ3v) is 3.91. The van der Waals surface area contributed by atoms with Gasteiger partial charge in [0, 0.05) is 25.2 Å². The highest BCUT2D eigenvalue weighted by Gasteiger charge is 2.34. The first-order valence-electron chi connectivity index (χ1n) is 7.56. The fourth-order valence-corrected chi connectivity index (χ4v) is 2.82. The molecule has 23 heavy (non-hydrogen) atoms. The molecule has 0 radical (unpaired) electrons.